The average Bonchev–Trinajstić information content (AvgIpc) is 3.47. The highest BCUT2D eigenvalue weighted by Gasteiger charge is 2.33. The Kier molecular flexibility index (Phi) is 9.29. The molecular weight excluding hydrogens is 510 g/mol. The van der Waals surface area contributed by atoms with E-state index in [4.69, 9.17) is 21.1 Å². The summed E-state index contributed by atoms with van der Waals surface area (Å²) < 4.78 is 11.1. The number of nitrogens with zero attached hydrogens (tertiary/aromatic N) is 3. The molecule has 2 aromatic rings. The number of anilines is 2. The highest BCUT2D eigenvalue weighted by Crippen LogP contribution is 2.37. The van der Waals surface area contributed by atoms with E-state index in [9.17, 15) is 5.26 Å². The summed E-state index contributed by atoms with van der Waals surface area (Å²) in [5.74, 6) is 0.879. The van der Waals surface area contributed by atoms with Crippen molar-refractivity contribution in [1.82, 2.24) is 9.88 Å². The van der Waals surface area contributed by atoms with Crippen LogP contribution in [0.15, 0.2) is 30.5 Å². The molecule has 0 amide bonds. The van der Waals surface area contributed by atoms with Crippen molar-refractivity contribution in [2.24, 2.45) is 5.41 Å². The zero-order valence-corrected chi connectivity index (χ0v) is 24.1. The number of halogens is 1. The molecule has 1 saturated carbocycles. The van der Waals surface area contributed by atoms with E-state index < -0.39 is 0 Å². The van der Waals surface area contributed by atoms with E-state index in [1.807, 2.05) is 7.11 Å². The normalized spacial score (nSPS) is 25.2. The maximum Gasteiger partial charge on any atom is 0.126 e. The van der Waals surface area contributed by atoms with Crippen LogP contribution in [0, 0.1) is 16.7 Å². The van der Waals surface area contributed by atoms with Crippen molar-refractivity contribution >= 4 is 23.1 Å². The number of nitrogens with one attached hydrogen (secondary N) is 2. The quantitative estimate of drug-likeness (QED) is 0.387. The van der Waals surface area contributed by atoms with Gasteiger partial charge in [0.25, 0.3) is 0 Å². The number of hydrogen-bond donors (Lipinski definition) is 2. The Morgan fingerprint density at radius 2 is 1.97 bits per heavy atom. The minimum atomic E-state index is -0.385. The second-order valence-electron chi connectivity index (χ2n) is 11.4. The van der Waals surface area contributed by atoms with Gasteiger partial charge >= 0.3 is 0 Å². The minimum Gasteiger partial charge on any atom is -0.383 e. The van der Waals surface area contributed by atoms with Crippen LogP contribution in [0.3, 0.4) is 0 Å². The van der Waals surface area contributed by atoms with E-state index >= 15 is 0 Å². The molecule has 2 aliphatic heterocycles. The van der Waals surface area contributed by atoms with Crippen molar-refractivity contribution in [1.29, 1.82) is 5.26 Å². The first-order valence-electron chi connectivity index (χ1n) is 14.6. The van der Waals surface area contributed by atoms with Crippen LogP contribution in [0.1, 0.15) is 57.4 Å². The van der Waals surface area contributed by atoms with Gasteiger partial charge < -0.3 is 20.1 Å². The molecular formula is C31H42ClN5O2. The van der Waals surface area contributed by atoms with Gasteiger partial charge in [-0.05, 0) is 74.6 Å². The number of nitriles is 1. The van der Waals surface area contributed by atoms with Crippen LogP contribution >= 0.6 is 11.6 Å². The van der Waals surface area contributed by atoms with Crippen molar-refractivity contribution < 1.29 is 9.47 Å². The summed E-state index contributed by atoms with van der Waals surface area (Å²) in [4.78, 5) is 7.26. The van der Waals surface area contributed by atoms with E-state index in [-0.39, 0.29) is 5.41 Å². The van der Waals surface area contributed by atoms with Gasteiger partial charge in [0, 0.05) is 69.5 Å². The van der Waals surface area contributed by atoms with Gasteiger partial charge in [-0.15, -0.1) is 0 Å². The van der Waals surface area contributed by atoms with Crippen molar-refractivity contribution in [3.05, 3.63) is 41.0 Å². The third-order valence-electron chi connectivity index (χ3n) is 9.05. The van der Waals surface area contributed by atoms with Gasteiger partial charge in [-0.1, -0.05) is 30.7 Å². The van der Waals surface area contributed by atoms with Gasteiger partial charge in [-0.3, -0.25) is 4.90 Å². The number of benzene rings is 1. The molecule has 2 saturated heterocycles. The van der Waals surface area contributed by atoms with Crippen LogP contribution in [0.5, 0.6) is 0 Å². The van der Waals surface area contributed by atoms with Gasteiger partial charge in [-0.25, -0.2) is 4.98 Å². The minimum absolute atomic E-state index is 0.385. The summed E-state index contributed by atoms with van der Waals surface area (Å²) in [6, 6.07) is 12.1. The van der Waals surface area contributed by atoms with E-state index in [2.05, 4.69) is 57.8 Å². The zero-order chi connectivity index (χ0) is 27.2. The second-order valence-corrected chi connectivity index (χ2v) is 11.8. The smallest absolute Gasteiger partial charge is 0.126 e. The molecule has 0 unspecified atom stereocenters. The molecule has 3 aliphatic rings. The molecule has 2 N–H and O–H groups in total. The summed E-state index contributed by atoms with van der Waals surface area (Å²) in [6.07, 6.45) is 10.4. The van der Waals surface area contributed by atoms with Crippen molar-refractivity contribution in [2.75, 3.05) is 50.6 Å². The van der Waals surface area contributed by atoms with E-state index in [1.54, 1.807) is 6.20 Å². The predicted molar refractivity (Wildman–Crippen MR) is 157 cm³/mol. The number of methoxy groups -OCH3 is 1. The Labute approximate surface area is 238 Å². The average molecular weight is 552 g/mol. The summed E-state index contributed by atoms with van der Waals surface area (Å²) in [5, 5.41) is 17.8. The standard InChI is InChI=1S/C31H42ClN5O2/c1-3-25-26(5-4-6-29(25)35-21-31(20-33)12-15-39-16-13-31)27-17-30(34-18-28(27)32)36-22-7-9-23(10-8-22)37-14-11-24(19-37)38-2/h4-6,17-18,22-24,35H,3,7-16,19,21H2,1-2H3,(H,34,36)/t22?,23?,24-/m0/s1. The number of aromatic nitrogens is 1. The second kappa shape index (κ2) is 12.9. The molecule has 5 rings (SSSR count). The third-order valence-corrected chi connectivity index (χ3v) is 9.36. The highest BCUT2D eigenvalue weighted by molar-refractivity contribution is 6.33. The molecule has 7 nitrogen and oxygen atoms in total. The van der Waals surface area contributed by atoms with Gasteiger partial charge in [0.15, 0.2) is 0 Å². The fourth-order valence-electron chi connectivity index (χ4n) is 6.54. The van der Waals surface area contributed by atoms with Crippen molar-refractivity contribution in [3.8, 4) is 17.2 Å². The summed E-state index contributed by atoms with van der Waals surface area (Å²) in [6.45, 7) is 6.30. The molecule has 0 radical (unpaired) electrons. The topological polar surface area (TPSA) is 82.4 Å². The number of hydrogen-bond acceptors (Lipinski definition) is 7. The monoisotopic (exact) mass is 551 g/mol. The van der Waals surface area contributed by atoms with E-state index in [0.717, 1.165) is 74.2 Å². The molecule has 1 aromatic carbocycles. The van der Waals surface area contributed by atoms with Gasteiger partial charge in [0.05, 0.1) is 22.6 Å². The first kappa shape index (κ1) is 28.2. The first-order chi connectivity index (χ1) is 19.0. The zero-order valence-electron chi connectivity index (χ0n) is 23.3. The van der Waals surface area contributed by atoms with Crippen LogP contribution in [0.2, 0.25) is 5.02 Å². The Hall–Kier alpha value is -2.37. The highest BCUT2D eigenvalue weighted by atomic mass is 35.5. The number of pyridine rings is 1. The Morgan fingerprint density at radius 1 is 1.18 bits per heavy atom. The molecule has 1 aromatic heterocycles. The lowest BCUT2D eigenvalue weighted by Gasteiger charge is -2.35. The maximum atomic E-state index is 9.89. The fourth-order valence-corrected chi connectivity index (χ4v) is 6.74. The lowest BCUT2D eigenvalue weighted by molar-refractivity contribution is 0.0456. The van der Waals surface area contributed by atoms with Crippen LogP contribution in [-0.4, -0.2) is 68.0 Å². The summed E-state index contributed by atoms with van der Waals surface area (Å²) in [7, 11) is 1.83. The number of rotatable bonds is 9. The van der Waals surface area contributed by atoms with E-state index in [1.165, 1.54) is 18.4 Å². The molecule has 1 atom stereocenters. The Balaban J connectivity index is 1.26. The molecule has 3 fully saturated rings. The lowest BCUT2D eigenvalue weighted by atomic mass is 9.81. The van der Waals surface area contributed by atoms with Crippen LogP contribution in [0.25, 0.3) is 11.1 Å². The largest absolute Gasteiger partial charge is 0.383 e. The summed E-state index contributed by atoms with van der Waals surface area (Å²) in [5.41, 5.74) is 3.99. The van der Waals surface area contributed by atoms with Gasteiger partial charge in [-0.2, -0.15) is 5.26 Å². The van der Waals surface area contributed by atoms with Crippen LogP contribution in [-0.2, 0) is 15.9 Å². The third kappa shape index (κ3) is 6.52. The molecule has 8 heteroatoms. The van der Waals surface area contributed by atoms with E-state index in [0.29, 0.717) is 43.0 Å². The lowest BCUT2D eigenvalue weighted by Crippen LogP contribution is -2.39. The SMILES string of the molecule is CCc1c(NCC2(C#N)CCOCC2)cccc1-c1cc(NC2CCC(N3CC[C@H](OC)C3)CC2)ncc1Cl. The van der Waals surface area contributed by atoms with Gasteiger partial charge in [0.2, 0.25) is 0 Å². The first-order valence-corrected chi connectivity index (χ1v) is 15.0. The number of ether oxygens (including phenoxy) is 2. The van der Waals surface area contributed by atoms with Gasteiger partial charge in [0.1, 0.15) is 5.82 Å². The molecule has 0 bridgehead atoms. The fraction of sp³-hybridized carbons (Fsp3) is 0.613. The van der Waals surface area contributed by atoms with Crippen molar-refractivity contribution in [3.63, 3.8) is 0 Å². The van der Waals surface area contributed by atoms with Crippen LogP contribution < -0.4 is 10.6 Å². The Morgan fingerprint density at radius 3 is 2.67 bits per heavy atom. The number of likely N-dealkylation sites (tertiary alicyclic amines) is 1. The Bertz CT molecular complexity index is 1150. The molecule has 1 aliphatic carbocycles. The van der Waals surface area contributed by atoms with Crippen LogP contribution in [0.4, 0.5) is 11.5 Å². The maximum absolute atomic E-state index is 9.89. The predicted octanol–water partition coefficient (Wildman–Crippen LogP) is 6.14. The summed E-state index contributed by atoms with van der Waals surface area (Å²) >= 11 is 6.73. The molecule has 39 heavy (non-hydrogen) atoms. The molecule has 210 valence electrons. The molecule has 0 spiro atoms. The van der Waals surface area contributed by atoms with Crippen molar-refractivity contribution in [2.45, 2.75) is 76.5 Å². The molecule has 3 heterocycles.